The van der Waals surface area contributed by atoms with Crippen LogP contribution in [0.3, 0.4) is 0 Å². The van der Waals surface area contributed by atoms with Gasteiger partial charge in [-0.3, -0.25) is 4.79 Å². The Morgan fingerprint density at radius 2 is 2.00 bits per heavy atom. The lowest BCUT2D eigenvalue weighted by atomic mass is 9.68. The van der Waals surface area contributed by atoms with Crippen molar-refractivity contribution in [3.05, 3.63) is 0 Å². The summed E-state index contributed by atoms with van der Waals surface area (Å²) >= 11 is 0. The number of hydrogen-bond donors (Lipinski definition) is 0. The molecule has 1 fully saturated rings. The van der Waals surface area contributed by atoms with E-state index < -0.39 is 0 Å². The number of Topliss-reactive ketones (excluding diaryl/α,β-unsaturated/α-hetero) is 1. The molecule has 0 N–H and O–H groups in total. The van der Waals surface area contributed by atoms with Gasteiger partial charge in [0.05, 0.1) is 0 Å². The minimum absolute atomic E-state index is 0.369. The monoisotopic (exact) mass is 210 g/mol. The van der Waals surface area contributed by atoms with Crippen LogP contribution in [0.25, 0.3) is 0 Å². The smallest absolute Gasteiger partial charge is 0.136 e. The largest absolute Gasteiger partial charge is 0.299 e. The predicted molar refractivity (Wildman–Crippen MR) is 64.7 cm³/mol. The molecule has 0 aromatic rings. The SMILES string of the molecule is CCCC(=O)[C@@H]1C[C@H](C)CC[C@H]1C(C)C. The van der Waals surface area contributed by atoms with Gasteiger partial charge in [0.15, 0.2) is 0 Å². The van der Waals surface area contributed by atoms with Crippen LogP contribution in [0.15, 0.2) is 0 Å². The quantitative estimate of drug-likeness (QED) is 0.683. The van der Waals surface area contributed by atoms with Gasteiger partial charge in [-0.2, -0.15) is 0 Å². The molecule has 1 rings (SSSR count). The highest BCUT2D eigenvalue weighted by atomic mass is 16.1. The molecular formula is C14H26O. The van der Waals surface area contributed by atoms with E-state index in [9.17, 15) is 4.79 Å². The molecule has 1 nitrogen and oxygen atoms in total. The number of hydrogen-bond acceptors (Lipinski definition) is 1. The second-order valence-corrected chi connectivity index (χ2v) is 5.65. The lowest BCUT2D eigenvalue weighted by Gasteiger charge is -2.36. The fourth-order valence-electron chi connectivity index (χ4n) is 3.00. The Kier molecular flexibility index (Phi) is 4.82. The summed E-state index contributed by atoms with van der Waals surface area (Å²) in [4.78, 5) is 12.1. The average molecular weight is 210 g/mol. The molecule has 0 aromatic heterocycles. The van der Waals surface area contributed by atoms with Crippen molar-refractivity contribution >= 4 is 5.78 Å². The maximum absolute atomic E-state index is 12.1. The molecule has 1 aliphatic rings. The first-order chi connectivity index (χ1) is 7.06. The zero-order valence-corrected chi connectivity index (χ0v) is 10.8. The fraction of sp³-hybridized carbons (Fsp3) is 0.929. The van der Waals surface area contributed by atoms with Crippen molar-refractivity contribution < 1.29 is 4.79 Å². The van der Waals surface area contributed by atoms with Crippen molar-refractivity contribution in [1.29, 1.82) is 0 Å². The van der Waals surface area contributed by atoms with Gasteiger partial charge in [0.2, 0.25) is 0 Å². The van der Waals surface area contributed by atoms with E-state index in [1.54, 1.807) is 0 Å². The molecule has 0 radical (unpaired) electrons. The van der Waals surface area contributed by atoms with Crippen molar-refractivity contribution in [2.75, 3.05) is 0 Å². The van der Waals surface area contributed by atoms with E-state index >= 15 is 0 Å². The molecule has 0 heterocycles. The Labute approximate surface area is 94.6 Å². The van der Waals surface area contributed by atoms with Gasteiger partial charge in [-0.1, -0.05) is 34.1 Å². The van der Waals surface area contributed by atoms with Crippen molar-refractivity contribution in [1.82, 2.24) is 0 Å². The molecule has 0 unspecified atom stereocenters. The minimum atomic E-state index is 0.369. The van der Waals surface area contributed by atoms with Crippen LogP contribution in [0.5, 0.6) is 0 Å². The van der Waals surface area contributed by atoms with Crippen molar-refractivity contribution in [2.45, 2.75) is 59.8 Å². The van der Waals surface area contributed by atoms with E-state index in [-0.39, 0.29) is 0 Å². The second-order valence-electron chi connectivity index (χ2n) is 5.65. The van der Waals surface area contributed by atoms with Crippen LogP contribution in [0, 0.1) is 23.7 Å². The third-order valence-corrected chi connectivity index (χ3v) is 3.93. The summed E-state index contributed by atoms with van der Waals surface area (Å²) in [6.45, 7) is 8.94. The first-order valence-electron chi connectivity index (χ1n) is 6.59. The van der Waals surface area contributed by atoms with Gasteiger partial charge < -0.3 is 0 Å². The Morgan fingerprint density at radius 1 is 1.33 bits per heavy atom. The fourth-order valence-corrected chi connectivity index (χ4v) is 3.00. The van der Waals surface area contributed by atoms with Gasteiger partial charge in [0.1, 0.15) is 5.78 Å². The standard InChI is InChI=1S/C14H26O/c1-5-6-14(15)13-9-11(4)7-8-12(13)10(2)3/h10-13H,5-9H2,1-4H3/t11-,12+,13-/m1/s1. The first-order valence-corrected chi connectivity index (χ1v) is 6.59. The Hall–Kier alpha value is -0.330. The summed E-state index contributed by atoms with van der Waals surface area (Å²) in [7, 11) is 0. The van der Waals surface area contributed by atoms with Crippen LogP contribution < -0.4 is 0 Å². The predicted octanol–water partition coefficient (Wildman–Crippen LogP) is 4.06. The molecule has 0 aliphatic heterocycles. The van der Waals surface area contributed by atoms with Crippen LogP contribution in [0.1, 0.15) is 59.8 Å². The van der Waals surface area contributed by atoms with E-state index in [4.69, 9.17) is 0 Å². The van der Waals surface area contributed by atoms with Gasteiger partial charge in [-0.15, -0.1) is 0 Å². The van der Waals surface area contributed by atoms with Gasteiger partial charge >= 0.3 is 0 Å². The Balaban J connectivity index is 2.65. The van der Waals surface area contributed by atoms with Crippen molar-refractivity contribution in [3.63, 3.8) is 0 Å². The molecule has 15 heavy (non-hydrogen) atoms. The molecule has 1 heteroatoms. The lowest BCUT2D eigenvalue weighted by Crippen LogP contribution is -2.33. The van der Waals surface area contributed by atoms with Crippen LogP contribution in [0.4, 0.5) is 0 Å². The third kappa shape index (κ3) is 3.32. The van der Waals surface area contributed by atoms with E-state index in [1.165, 1.54) is 12.8 Å². The minimum Gasteiger partial charge on any atom is -0.299 e. The number of carbonyl (C=O) groups is 1. The second kappa shape index (κ2) is 5.67. The van der Waals surface area contributed by atoms with Crippen LogP contribution in [-0.4, -0.2) is 5.78 Å². The van der Waals surface area contributed by atoms with Crippen LogP contribution in [0.2, 0.25) is 0 Å². The summed E-state index contributed by atoms with van der Waals surface area (Å²) in [5.74, 6) is 2.98. The van der Waals surface area contributed by atoms with Crippen molar-refractivity contribution in [2.24, 2.45) is 23.7 Å². The zero-order valence-electron chi connectivity index (χ0n) is 10.8. The molecule has 3 atom stereocenters. The van der Waals surface area contributed by atoms with E-state index in [1.807, 2.05) is 0 Å². The third-order valence-electron chi connectivity index (χ3n) is 3.93. The number of carbonyl (C=O) groups excluding carboxylic acids is 1. The maximum Gasteiger partial charge on any atom is 0.136 e. The van der Waals surface area contributed by atoms with Crippen LogP contribution >= 0.6 is 0 Å². The topological polar surface area (TPSA) is 17.1 Å². The number of ketones is 1. The molecular weight excluding hydrogens is 184 g/mol. The molecule has 0 spiro atoms. The molecule has 1 saturated carbocycles. The van der Waals surface area contributed by atoms with E-state index in [0.29, 0.717) is 23.5 Å². The van der Waals surface area contributed by atoms with Gasteiger partial charge in [-0.05, 0) is 37.0 Å². The normalized spacial score (nSPS) is 31.9. The van der Waals surface area contributed by atoms with E-state index in [2.05, 4.69) is 27.7 Å². The molecule has 1 aliphatic carbocycles. The molecule has 88 valence electrons. The summed E-state index contributed by atoms with van der Waals surface area (Å²) in [6.07, 6.45) is 5.52. The maximum atomic E-state index is 12.1. The van der Waals surface area contributed by atoms with Gasteiger partial charge in [0.25, 0.3) is 0 Å². The Morgan fingerprint density at radius 3 is 2.53 bits per heavy atom. The highest BCUT2D eigenvalue weighted by Gasteiger charge is 2.34. The summed E-state index contributed by atoms with van der Waals surface area (Å²) in [6, 6.07) is 0. The summed E-state index contributed by atoms with van der Waals surface area (Å²) in [5.41, 5.74) is 0. The number of rotatable bonds is 4. The van der Waals surface area contributed by atoms with Gasteiger partial charge in [0, 0.05) is 12.3 Å². The first kappa shape index (κ1) is 12.7. The average Bonchev–Trinajstić information content (AvgIpc) is 2.17. The molecule has 0 aromatic carbocycles. The molecule has 0 bridgehead atoms. The molecule has 0 saturated heterocycles. The zero-order chi connectivity index (χ0) is 11.4. The Bertz CT molecular complexity index is 207. The highest BCUT2D eigenvalue weighted by Crippen LogP contribution is 2.38. The highest BCUT2D eigenvalue weighted by molar-refractivity contribution is 5.81. The van der Waals surface area contributed by atoms with Crippen molar-refractivity contribution in [3.8, 4) is 0 Å². The molecule has 0 amide bonds. The lowest BCUT2D eigenvalue weighted by molar-refractivity contribution is -0.127. The van der Waals surface area contributed by atoms with E-state index in [0.717, 1.165) is 25.2 Å². The van der Waals surface area contributed by atoms with Crippen LogP contribution in [-0.2, 0) is 4.79 Å². The summed E-state index contributed by atoms with van der Waals surface area (Å²) in [5, 5.41) is 0. The summed E-state index contributed by atoms with van der Waals surface area (Å²) < 4.78 is 0. The van der Waals surface area contributed by atoms with Gasteiger partial charge in [-0.25, -0.2) is 0 Å².